The number of carbonyl (C=O) groups excluding carboxylic acids is 2. The quantitative estimate of drug-likeness (QED) is 0.250. The zero-order valence-corrected chi connectivity index (χ0v) is 23.4. The Morgan fingerprint density at radius 1 is 0.950 bits per heavy atom. The summed E-state index contributed by atoms with van der Waals surface area (Å²) >= 11 is 1.21. The third-order valence-electron chi connectivity index (χ3n) is 5.88. The van der Waals surface area contributed by atoms with Crippen LogP contribution in [-0.2, 0) is 19.6 Å². The van der Waals surface area contributed by atoms with Crippen LogP contribution in [0.25, 0.3) is 22.4 Å². The van der Waals surface area contributed by atoms with Crippen LogP contribution < -0.4 is 10.0 Å². The fourth-order valence-corrected chi connectivity index (χ4v) is 5.98. The summed E-state index contributed by atoms with van der Waals surface area (Å²) < 4.78 is 26.3. The molecule has 2 amide bonds. The number of thioether (sulfide) groups is 1. The van der Waals surface area contributed by atoms with E-state index in [9.17, 15) is 23.3 Å². The lowest BCUT2D eigenvalue weighted by Crippen LogP contribution is -2.28. The largest absolute Gasteiger partial charge is 0.325 e. The molecule has 0 aliphatic heterocycles. The molecule has 0 spiro atoms. The Hall–Kier alpha value is -4.46. The number of nitrogens with zero attached hydrogens (tertiary/aromatic N) is 2. The van der Waals surface area contributed by atoms with Gasteiger partial charge in [-0.15, -0.1) is 0 Å². The lowest BCUT2D eigenvalue weighted by Gasteiger charge is -2.17. The fourth-order valence-electron chi connectivity index (χ4n) is 3.96. The van der Waals surface area contributed by atoms with Crippen LogP contribution in [0, 0.1) is 11.3 Å². The van der Waals surface area contributed by atoms with Gasteiger partial charge in [-0.1, -0.05) is 79.3 Å². The molecule has 0 aliphatic carbocycles. The molecule has 1 atom stereocenters. The minimum Gasteiger partial charge on any atom is -0.325 e. The molecule has 0 fully saturated rings. The monoisotopic (exact) mass is 570 g/mol. The number of hydrogen-bond donors (Lipinski definition) is 2. The molecule has 0 radical (unpaired) electrons. The standard InChI is InChI=1S/C30H26N4O4S2/c1-3-28(29(36)32-23-14-16-24(17-15-23)40(37,38)34-20(2)35)39-30-26(19-31)25(21-10-6-4-7-11-21)18-27(33-30)22-12-8-5-9-13-22/h4-18,28H,3H2,1-2H3,(H,32,36)(H,34,35). The number of amides is 2. The molecule has 1 unspecified atom stereocenters. The van der Waals surface area contributed by atoms with Gasteiger partial charge < -0.3 is 5.32 Å². The van der Waals surface area contributed by atoms with Gasteiger partial charge in [0.2, 0.25) is 11.8 Å². The van der Waals surface area contributed by atoms with Gasteiger partial charge in [0, 0.05) is 23.7 Å². The highest BCUT2D eigenvalue weighted by Crippen LogP contribution is 2.36. The minimum absolute atomic E-state index is 0.101. The number of aromatic nitrogens is 1. The normalized spacial score (nSPS) is 11.7. The van der Waals surface area contributed by atoms with Crippen molar-refractivity contribution in [2.24, 2.45) is 0 Å². The second kappa shape index (κ2) is 12.6. The van der Waals surface area contributed by atoms with Crippen molar-refractivity contribution in [3.8, 4) is 28.5 Å². The van der Waals surface area contributed by atoms with Crippen LogP contribution in [-0.4, -0.2) is 30.5 Å². The van der Waals surface area contributed by atoms with Gasteiger partial charge in [0.1, 0.15) is 11.1 Å². The molecule has 0 bridgehead atoms. The average Bonchev–Trinajstić information content (AvgIpc) is 2.96. The highest BCUT2D eigenvalue weighted by molar-refractivity contribution is 8.00. The first kappa shape index (κ1) is 28.5. The summed E-state index contributed by atoms with van der Waals surface area (Å²) in [5.74, 6) is -1.01. The number of carbonyl (C=O) groups is 2. The van der Waals surface area contributed by atoms with Crippen molar-refractivity contribution in [3.05, 3.63) is 96.6 Å². The summed E-state index contributed by atoms with van der Waals surface area (Å²) in [7, 11) is -3.98. The Balaban J connectivity index is 1.64. The number of pyridine rings is 1. The van der Waals surface area contributed by atoms with Crippen molar-refractivity contribution in [1.29, 1.82) is 5.26 Å². The Kier molecular flexibility index (Phi) is 8.99. The summed E-state index contributed by atoms with van der Waals surface area (Å²) in [6.45, 7) is 2.98. The van der Waals surface area contributed by atoms with Crippen LogP contribution >= 0.6 is 11.8 Å². The predicted octanol–water partition coefficient (Wildman–Crippen LogP) is 5.62. The Labute approximate surface area is 237 Å². The number of sulfonamides is 1. The molecule has 0 aliphatic rings. The molecule has 4 aromatic rings. The lowest BCUT2D eigenvalue weighted by molar-refractivity contribution is -0.117. The zero-order chi connectivity index (χ0) is 28.7. The molecule has 202 valence electrons. The Morgan fingerprint density at radius 3 is 2.10 bits per heavy atom. The first-order chi connectivity index (χ1) is 19.2. The van der Waals surface area contributed by atoms with Crippen LogP contribution in [0.5, 0.6) is 0 Å². The third kappa shape index (κ3) is 6.75. The SMILES string of the molecule is CCC(Sc1nc(-c2ccccc2)cc(-c2ccccc2)c1C#N)C(=O)Nc1ccc(S(=O)(=O)NC(C)=O)cc1. The molecule has 40 heavy (non-hydrogen) atoms. The molecule has 10 heteroatoms. The van der Waals surface area contributed by atoms with E-state index in [2.05, 4.69) is 11.4 Å². The van der Waals surface area contributed by atoms with E-state index in [0.717, 1.165) is 23.6 Å². The number of benzene rings is 3. The number of anilines is 1. The maximum atomic E-state index is 13.3. The van der Waals surface area contributed by atoms with Crippen molar-refractivity contribution >= 4 is 39.3 Å². The number of nitrogens with one attached hydrogen (secondary N) is 2. The van der Waals surface area contributed by atoms with E-state index in [1.54, 1.807) is 0 Å². The first-order valence-electron chi connectivity index (χ1n) is 12.4. The summed E-state index contributed by atoms with van der Waals surface area (Å²) in [6, 6.07) is 28.9. The van der Waals surface area contributed by atoms with Crippen molar-refractivity contribution in [3.63, 3.8) is 0 Å². The second-order valence-electron chi connectivity index (χ2n) is 8.77. The van der Waals surface area contributed by atoms with Gasteiger partial charge in [0.25, 0.3) is 10.0 Å². The second-order valence-corrected chi connectivity index (χ2v) is 11.6. The van der Waals surface area contributed by atoms with Crippen molar-refractivity contribution in [2.75, 3.05) is 5.32 Å². The fraction of sp³-hybridized carbons (Fsp3) is 0.133. The summed E-state index contributed by atoms with van der Waals surface area (Å²) in [5, 5.41) is 12.8. The summed E-state index contributed by atoms with van der Waals surface area (Å²) in [6.07, 6.45) is 0.453. The number of rotatable bonds is 9. The van der Waals surface area contributed by atoms with E-state index in [-0.39, 0.29) is 10.8 Å². The van der Waals surface area contributed by atoms with Crippen LogP contribution in [0.15, 0.2) is 101 Å². The average molecular weight is 571 g/mol. The molecule has 2 N–H and O–H groups in total. The zero-order valence-electron chi connectivity index (χ0n) is 21.8. The van der Waals surface area contributed by atoms with Crippen LogP contribution in [0.1, 0.15) is 25.8 Å². The van der Waals surface area contributed by atoms with Crippen molar-refractivity contribution < 1.29 is 18.0 Å². The maximum absolute atomic E-state index is 13.3. The van der Waals surface area contributed by atoms with E-state index in [0.29, 0.717) is 28.4 Å². The molecule has 3 aromatic carbocycles. The molecule has 4 rings (SSSR count). The molecular formula is C30H26N4O4S2. The van der Waals surface area contributed by atoms with Gasteiger partial charge in [-0.25, -0.2) is 18.1 Å². The molecule has 0 saturated carbocycles. The van der Waals surface area contributed by atoms with Crippen molar-refractivity contribution in [1.82, 2.24) is 9.71 Å². The van der Waals surface area contributed by atoms with Gasteiger partial charge in [0.05, 0.1) is 21.4 Å². The minimum atomic E-state index is -3.98. The highest BCUT2D eigenvalue weighted by Gasteiger charge is 2.24. The van der Waals surface area contributed by atoms with Gasteiger partial charge in [0.15, 0.2) is 0 Å². The number of hydrogen-bond acceptors (Lipinski definition) is 7. The highest BCUT2D eigenvalue weighted by atomic mass is 32.2. The van der Waals surface area contributed by atoms with E-state index in [1.807, 2.05) is 78.4 Å². The van der Waals surface area contributed by atoms with Crippen LogP contribution in [0.2, 0.25) is 0 Å². The molecular weight excluding hydrogens is 544 g/mol. The maximum Gasteiger partial charge on any atom is 0.264 e. The summed E-state index contributed by atoms with van der Waals surface area (Å²) in [4.78, 5) is 29.1. The van der Waals surface area contributed by atoms with Gasteiger partial charge in [-0.3, -0.25) is 9.59 Å². The van der Waals surface area contributed by atoms with Crippen LogP contribution in [0.4, 0.5) is 5.69 Å². The van der Waals surface area contributed by atoms with E-state index >= 15 is 0 Å². The molecule has 8 nitrogen and oxygen atoms in total. The van der Waals surface area contributed by atoms with E-state index in [1.165, 1.54) is 36.0 Å². The summed E-state index contributed by atoms with van der Waals surface area (Å²) in [5.41, 5.74) is 3.94. The third-order valence-corrected chi connectivity index (χ3v) is 8.68. The molecule has 1 heterocycles. The van der Waals surface area contributed by atoms with Gasteiger partial charge >= 0.3 is 0 Å². The Morgan fingerprint density at radius 2 is 1.55 bits per heavy atom. The van der Waals surface area contributed by atoms with Gasteiger partial charge in [-0.2, -0.15) is 5.26 Å². The van der Waals surface area contributed by atoms with Crippen molar-refractivity contribution in [2.45, 2.75) is 35.4 Å². The van der Waals surface area contributed by atoms with E-state index in [4.69, 9.17) is 4.98 Å². The number of nitriles is 1. The molecule has 1 aromatic heterocycles. The van der Waals surface area contributed by atoms with Crippen LogP contribution in [0.3, 0.4) is 0 Å². The lowest BCUT2D eigenvalue weighted by atomic mass is 9.99. The van der Waals surface area contributed by atoms with E-state index < -0.39 is 21.2 Å². The van der Waals surface area contributed by atoms with Gasteiger partial charge in [-0.05, 0) is 42.3 Å². The Bertz CT molecular complexity index is 1670. The predicted molar refractivity (Wildman–Crippen MR) is 156 cm³/mol. The first-order valence-corrected chi connectivity index (χ1v) is 14.7. The topological polar surface area (TPSA) is 129 Å². The molecule has 0 saturated heterocycles. The smallest absolute Gasteiger partial charge is 0.264 e.